The Bertz CT molecular complexity index is 512. The van der Waals surface area contributed by atoms with Crippen LogP contribution in [0.5, 0.6) is 0 Å². The fraction of sp³-hybridized carbons (Fsp3) is 0.588. The van der Waals surface area contributed by atoms with E-state index in [1.807, 2.05) is 0 Å². The van der Waals surface area contributed by atoms with E-state index in [0.29, 0.717) is 0 Å². The van der Waals surface area contributed by atoms with Crippen molar-refractivity contribution >= 4 is 11.7 Å². The molecule has 20 heavy (non-hydrogen) atoms. The number of carbonyl (C=O) groups is 1. The lowest BCUT2D eigenvalue weighted by atomic mass is 9.77. The number of carboxylic acid groups (broad SMARTS) is 1. The van der Waals surface area contributed by atoms with Crippen LogP contribution in [0.15, 0.2) is 18.2 Å². The smallest absolute Gasteiger partial charge is 0.314 e. The normalized spacial score (nSPS) is 21.4. The van der Waals surface area contributed by atoms with E-state index in [0.717, 1.165) is 55.6 Å². The second kappa shape index (κ2) is 5.12. The minimum absolute atomic E-state index is 0.638. The first-order chi connectivity index (χ1) is 9.63. The summed E-state index contributed by atoms with van der Waals surface area (Å²) in [4.78, 5) is 14.4. The van der Waals surface area contributed by atoms with E-state index < -0.39 is 11.4 Å². The van der Waals surface area contributed by atoms with Gasteiger partial charge in [0, 0.05) is 18.8 Å². The van der Waals surface area contributed by atoms with Gasteiger partial charge >= 0.3 is 5.97 Å². The maximum absolute atomic E-state index is 12.0. The maximum Gasteiger partial charge on any atom is 0.314 e. The Morgan fingerprint density at radius 2 is 1.80 bits per heavy atom. The highest BCUT2D eigenvalue weighted by atomic mass is 16.4. The zero-order chi connectivity index (χ0) is 14.2. The van der Waals surface area contributed by atoms with Crippen molar-refractivity contribution in [3.8, 4) is 0 Å². The van der Waals surface area contributed by atoms with Crippen LogP contribution in [0, 0.1) is 6.92 Å². The first-order valence-electron chi connectivity index (χ1n) is 7.73. The number of hydrogen-bond acceptors (Lipinski definition) is 2. The van der Waals surface area contributed by atoms with E-state index >= 15 is 0 Å². The second-order valence-electron chi connectivity index (χ2n) is 6.31. The van der Waals surface area contributed by atoms with Gasteiger partial charge in [-0.05, 0) is 44.2 Å². The zero-order valence-corrected chi connectivity index (χ0v) is 12.2. The van der Waals surface area contributed by atoms with Gasteiger partial charge in [-0.1, -0.05) is 30.5 Å². The van der Waals surface area contributed by atoms with E-state index in [9.17, 15) is 9.90 Å². The van der Waals surface area contributed by atoms with E-state index in [4.69, 9.17) is 0 Å². The van der Waals surface area contributed by atoms with Crippen LogP contribution in [0.2, 0.25) is 0 Å². The van der Waals surface area contributed by atoms with Crippen molar-refractivity contribution in [2.75, 3.05) is 18.0 Å². The number of hydrogen-bond donors (Lipinski definition) is 1. The quantitative estimate of drug-likeness (QED) is 0.916. The molecule has 2 fully saturated rings. The molecule has 1 aliphatic heterocycles. The van der Waals surface area contributed by atoms with Crippen molar-refractivity contribution in [1.29, 1.82) is 0 Å². The molecule has 1 aliphatic carbocycles. The predicted molar refractivity (Wildman–Crippen MR) is 80.4 cm³/mol. The molecule has 3 nitrogen and oxygen atoms in total. The second-order valence-corrected chi connectivity index (χ2v) is 6.31. The molecule has 0 amide bonds. The summed E-state index contributed by atoms with van der Waals surface area (Å²) in [7, 11) is 0. The van der Waals surface area contributed by atoms with Gasteiger partial charge in [0.2, 0.25) is 0 Å². The summed E-state index contributed by atoms with van der Waals surface area (Å²) in [5, 5.41) is 9.86. The summed E-state index contributed by atoms with van der Waals surface area (Å²) in [6, 6.07) is 6.37. The molecular weight excluding hydrogens is 250 g/mol. The van der Waals surface area contributed by atoms with E-state index in [1.165, 1.54) is 12.8 Å². The molecule has 108 valence electrons. The van der Waals surface area contributed by atoms with Gasteiger partial charge in [0.25, 0.3) is 0 Å². The van der Waals surface area contributed by atoms with Crippen LogP contribution in [0.25, 0.3) is 0 Å². The van der Waals surface area contributed by atoms with Gasteiger partial charge in [-0.15, -0.1) is 0 Å². The van der Waals surface area contributed by atoms with Gasteiger partial charge in [-0.2, -0.15) is 0 Å². The fourth-order valence-electron chi connectivity index (χ4n) is 3.84. The molecule has 0 unspecified atom stereocenters. The monoisotopic (exact) mass is 273 g/mol. The molecule has 1 aromatic rings. The SMILES string of the molecule is Cc1ccc(N2CCCC2)c(C2(C(=O)O)CCCC2)c1. The Labute approximate surface area is 120 Å². The maximum atomic E-state index is 12.0. The highest BCUT2D eigenvalue weighted by molar-refractivity contribution is 5.85. The third kappa shape index (κ3) is 2.09. The summed E-state index contributed by atoms with van der Waals surface area (Å²) >= 11 is 0. The molecule has 2 aliphatic rings. The van der Waals surface area contributed by atoms with Crippen molar-refractivity contribution in [3.63, 3.8) is 0 Å². The van der Waals surface area contributed by atoms with Crippen molar-refractivity contribution in [3.05, 3.63) is 29.3 Å². The Kier molecular flexibility index (Phi) is 3.45. The third-order valence-corrected chi connectivity index (χ3v) is 4.98. The Morgan fingerprint density at radius 1 is 1.15 bits per heavy atom. The summed E-state index contributed by atoms with van der Waals surface area (Å²) < 4.78 is 0. The molecule has 0 spiro atoms. The van der Waals surface area contributed by atoms with Crippen molar-refractivity contribution in [1.82, 2.24) is 0 Å². The number of nitrogens with zero attached hydrogens (tertiary/aromatic N) is 1. The standard InChI is InChI=1S/C17H23NO2/c1-13-6-7-15(18-10-4-5-11-18)14(12-13)17(16(19)20)8-2-3-9-17/h6-7,12H,2-5,8-11H2,1H3,(H,19,20). The first-order valence-corrected chi connectivity index (χ1v) is 7.73. The summed E-state index contributed by atoms with van der Waals surface area (Å²) in [5.41, 5.74) is 2.74. The molecule has 0 aromatic heterocycles. The topological polar surface area (TPSA) is 40.5 Å². The molecular formula is C17H23NO2. The molecule has 3 rings (SSSR count). The lowest BCUT2D eigenvalue weighted by Crippen LogP contribution is -2.35. The van der Waals surface area contributed by atoms with E-state index in [2.05, 4.69) is 30.0 Å². The van der Waals surface area contributed by atoms with Gasteiger partial charge in [-0.25, -0.2) is 0 Å². The van der Waals surface area contributed by atoms with E-state index in [1.54, 1.807) is 0 Å². The average molecular weight is 273 g/mol. The summed E-state index contributed by atoms with van der Waals surface area (Å²) in [6.45, 7) is 4.18. The predicted octanol–water partition coefficient (Wildman–Crippen LogP) is 3.49. The van der Waals surface area contributed by atoms with Gasteiger partial charge in [-0.3, -0.25) is 4.79 Å². The van der Waals surface area contributed by atoms with Crippen LogP contribution in [0.4, 0.5) is 5.69 Å². The Hall–Kier alpha value is -1.51. The highest BCUT2D eigenvalue weighted by Gasteiger charge is 2.45. The zero-order valence-electron chi connectivity index (χ0n) is 12.2. The van der Waals surface area contributed by atoms with Crippen molar-refractivity contribution in [2.45, 2.75) is 50.9 Å². The molecule has 0 bridgehead atoms. The molecule has 1 N–H and O–H groups in total. The van der Waals surface area contributed by atoms with Gasteiger partial charge < -0.3 is 10.0 Å². The van der Waals surface area contributed by atoms with Gasteiger partial charge in [0.15, 0.2) is 0 Å². The summed E-state index contributed by atoms with van der Waals surface area (Å²) in [5.74, 6) is -0.638. The van der Waals surface area contributed by atoms with Crippen LogP contribution in [-0.4, -0.2) is 24.2 Å². The molecule has 1 heterocycles. The van der Waals surface area contributed by atoms with E-state index in [-0.39, 0.29) is 0 Å². The van der Waals surface area contributed by atoms with Crippen molar-refractivity contribution < 1.29 is 9.90 Å². The van der Waals surface area contributed by atoms with Crippen LogP contribution < -0.4 is 4.90 Å². The molecule has 1 saturated carbocycles. The number of aliphatic carboxylic acids is 1. The number of carboxylic acids is 1. The Balaban J connectivity index is 2.10. The molecule has 0 radical (unpaired) electrons. The minimum Gasteiger partial charge on any atom is -0.481 e. The summed E-state index contributed by atoms with van der Waals surface area (Å²) in [6.07, 6.45) is 6.05. The number of benzene rings is 1. The lowest BCUT2D eigenvalue weighted by Gasteiger charge is -2.31. The molecule has 3 heteroatoms. The first kappa shape index (κ1) is 13.5. The van der Waals surface area contributed by atoms with Crippen LogP contribution in [0.3, 0.4) is 0 Å². The van der Waals surface area contributed by atoms with Crippen LogP contribution in [0.1, 0.15) is 49.7 Å². The molecule has 1 saturated heterocycles. The molecule has 0 atom stereocenters. The third-order valence-electron chi connectivity index (χ3n) is 4.98. The fourth-order valence-corrected chi connectivity index (χ4v) is 3.84. The largest absolute Gasteiger partial charge is 0.481 e. The highest BCUT2D eigenvalue weighted by Crippen LogP contribution is 2.45. The minimum atomic E-state index is -0.649. The van der Waals surface area contributed by atoms with Gasteiger partial charge in [0.05, 0.1) is 5.41 Å². The Morgan fingerprint density at radius 3 is 2.40 bits per heavy atom. The molecule has 1 aromatic carbocycles. The van der Waals surface area contributed by atoms with Gasteiger partial charge in [0.1, 0.15) is 0 Å². The van der Waals surface area contributed by atoms with Crippen LogP contribution >= 0.6 is 0 Å². The van der Waals surface area contributed by atoms with Crippen LogP contribution in [-0.2, 0) is 10.2 Å². The lowest BCUT2D eigenvalue weighted by molar-refractivity contribution is -0.143. The van der Waals surface area contributed by atoms with Crippen molar-refractivity contribution in [2.24, 2.45) is 0 Å². The number of aryl methyl sites for hydroxylation is 1. The number of rotatable bonds is 3. The average Bonchev–Trinajstić information content (AvgIpc) is 3.11. The number of anilines is 1.